The van der Waals surface area contributed by atoms with Crippen molar-refractivity contribution in [2.75, 3.05) is 32.6 Å². The van der Waals surface area contributed by atoms with Crippen LogP contribution < -0.4 is 5.32 Å². The second-order valence-electron chi connectivity index (χ2n) is 6.11. The van der Waals surface area contributed by atoms with E-state index in [1.54, 1.807) is 11.4 Å². The number of methoxy groups -OCH3 is 1. The van der Waals surface area contributed by atoms with Gasteiger partial charge in [-0.3, -0.25) is 0 Å². The van der Waals surface area contributed by atoms with Crippen LogP contribution >= 0.6 is 0 Å². The third-order valence-corrected chi connectivity index (χ3v) is 6.51. The molecule has 0 radical (unpaired) electrons. The van der Waals surface area contributed by atoms with Crippen molar-refractivity contribution in [2.45, 2.75) is 51.1 Å². The Kier molecular flexibility index (Phi) is 5.84. The zero-order valence-corrected chi connectivity index (χ0v) is 13.5. The zero-order valence-electron chi connectivity index (χ0n) is 12.7. The van der Waals surface area contributed by atoms with E-state index in [2.05, 4.69) is 5.32 Å². The topological polar surface area (TPSA) is 58.6 Å². The van der Waals surface area contributed by atoms with Crippen molar-refractivity contribution < 1.29 is 13.2 Å². The summed E-state index contributed by atoms with van der Waals surface area (Å²) < 4.78 is 32.2. The molecule has 1 aliphatic carbocycles. The number of nitrogens with zero attached hydrogens (tertiary/aromatic N) is 1. The largest absolute Gasteiger partial charge is 0.383 e. The molecule has 2 rings (SSSR count). The third-order valence-electron chi connectivity index (χ3n) is 4.46. The summed E-state index contributed by atoms with van der Waals surface area (Å²) in [6.07, 6.45) is 5.56. The average Bonchev–Trinajstić information content (AvgIpc) is 3.23. The van der Waals surface area contributed by atoms with Gasteiger partial charge in [0.25, 0.3) is 0 Å². The van der Waals surface area contributed by atoms with Crippen molar-refractivity contribution in [3.8, 4) is 0 Å². The second-order valence-corrected chi connectivity index (χ2v) is 8.07. The van der Waals surface area contributed by atoms with E-state index in [0.717, 1.165) is 38.6 Å². The van der Waals surface area contributed by atoms with E-state index in [-0.39, 0.29) is 17.8 Å². The van der Waals surface area contributed by atoms with Crippen LogP contribution in [0, 0.1) is 5.92 Å². The maximum Gasteiger partial charge on any atom is 0.215 e. The number of ether oxygens (including phenoxy) is 1. The first-order chi connectivity index (χ1) is 9.54. The van der Waals surface area contributed by atoms with Gasteiger partial charge >= 0.3 is 0 Å². The first-order valence-electron chi connectivity index (χ1n) is 7.76. The van der Waals surface area contributed by atoms with Crippen molar-refractivity contribution in [2.24, 2.45) is 5.92 Å². The second kappa shape index (κ2) is 7.20. The molecule has 2 atom stereocenters. The highest BCUT2D eigenvalue weighted by atomic mass is 32.2. The van der Waals surface area contributed by atoms with Crippen LogP contribution in [0.2, 0.25) is 0 Å². The number of piperidine rings is 1. The Morgan fingerprint density at radius 2 is 2.05 bits per heavy atom. The van der Waals surface area contributed by atoms with Gasteiger partial charge in [-0.05, 0) is 45.1 Å². The molecule has 0 bridgehead atoms. The summed E-state index contributed by atoms with van der Waals surface area (Å²) in [6.45, 7) is 3.92. The average molecular weight is 304 g/mol. The molecule has 0 amide bonds. The molecule has 6 heteroatoms. The molecule has 1 saturated heterocycles. The molecule has 118 valence electrons. The number of nitrogens with one attached hydrogen (secondary N) is 1. The van der Waals surface area contributed by atoms with E-state index < -0.39 is 10.0 Å². The molecule has 1 heterocycles. The minimum atomic E-state index is -3.21. The SMILES string of the molecule is COCCN(C(C)C1CC1)S(=O)(=O)CC1CCCCN1. The molecule has 0 aromatic carbocycles. The van der Waals surface area contributed by atoms with Crippen LogP contribution in [0.15, 0.2) is 0 Å². The predicted octanol–water partition coefficient (Wildman–Crippen LogP) is 1.21. The summed E-state index contributed by atoms with van der Waals surface area (Å²) in [5, 5.41) is 3.33. The minimum Gasteiger partial charge on any atom is -0.383 e. The Morgan fingerprint density at radius 1 is 1.30 bits per heavy atom. The van der Waals surface area contributed by atoms with Gasteiger partial charge in [-0.15, -0.1) is 0 Å². The predicted molar refractivity (Wildman–Crippen MR) is 80.2 cm³/mol. The van der Waals surface area contributed by atoms with E-state index >= 15 is 0 Å². The molecule has 1 N–H and O–H groups in total. The monoisotopic (exact) mass is 304 g/mol. The van der Waals surface area contributed by atoms with Gasteiger partial charge < -0.3 is 10.1 Å². The number of sulfonamides is 1. The lowest BCUT2D eigenvalue weighted by Crippen LogP contribution is -2.48. The maximum atomic E-state index is 12.7. The summed E-state index contributed by atoms with van der Waals surface area (Å²) >= 11 is 0. The van der Waals surface area contributed by atoms with Crippen molar-refractivity contribution in [3.05, 3.63) is 0 Å². The summed E-state index contributed by atoms with van der Waals surface area (Å²) in [7, 11) is -1.59. The number of hydrogen-bond donors (Lipinski definition) is 1. The third kappa shape index (κ3) is 4.41. The van der Waals surface area contributed by atoms with E-state index in [1.165, 1.54) is 0 Å². The molecule has 2 fully saturated rings. The van der Waals surface area contributed by atoms with Crippen LogP contribution in [0.4, 0.5) is 0 Å². The minimum absolute atomic E-state index is 0.110. The van der Waals surface area contributed by atoms with Crippen molar-refractivity contribution in [1.82, 2.24) is 9.62 Å². The van der Waals surface area contributed by atoms with Gasteiger partial charge in [-0.1, -0.05) is 6.42 Å². The number of hydrogen-bond acceptors (Lipinski definition) is 4. The van der Waals surface area contributed by atoms with Crippen LogP contribution in [0.3, 0.4) is 0 Å². The van der Waals surface area contributed by atoms with Crippen LogP contribution in [0.1, 0.15) is 39.0 Å². The molecule has 5 nitrogen and oxygen atoms in total. The van der Waals surface area contributed by atoms with Crippen molar-refractivity contribution in [3.63, 3.8) is 0 Å². The van der Waals surface area contributed by atoms with Crippen LogP contribution in [-0.2, 0) is 14.8 Å². The molecule has 0 spiro atoms. The van der Waals surface area contributed by atoms with Crippen LogP contribution in [-0.4, -0.2) is 57.4 Å². The normalized spacial score (nSPS) is 25.9. The first kappa shape index (κ1) is 16.2. The lowest BCUT2D eigenvalue weighted by Gasteiger charge is -2.31. The van der Waals surface area contributed by atoms with E-state index in [4.69, 9.17) is 4.74 Å². The summed E-state index contributed by atoms with van der Waals surface area (Å²) in [4.78, 5) is 0. The van der Waals surface area contributed by atoms with Gasteiger partial charge in [0.1, 0.15) is 0 Å². The highest BCUT2D eigenvalue weighted by molar-refractivity contribution is 7.89. The van der Waals surface area contributed by atoms with Crippen molar-refractivity contribution >= 4 is 10.0 Å². The molecular formula is C14H28N2O3S. The van der Waals surface area contributed by atoms with Crippen LogP contribution in [0.5, 0.6) is 0 Å². The Morgan fingerprint density at radius 3 is 2.60 bits per heavy atom. The molecule has 2 aliphatic rings. The maximum absolute atomic E-state index is 12.7. The van der Waals surface area contributed by atoms with Gasteiger partial charge in [0.05, 0.1) is 12.4 Å². The number of rotatable bonds is 8. The fraction of sp³-hybridized carbons (Fsp3) is 1.00. The van der Waals surface area contributed by atoms with Gasteiger partial charge in [-0.2, -0.15) is 4.31 Å². The first-order valence-corrected chi connectivity index (χ1v) is 9.37. The lowest BCUT2D eigenvalue weighted by molar-refractivity contribution is 0.164. The molecule has 20 heavy (non-hydrogen) atoms. The van der Waals surface area contributed by atoms with Gasteiger partial charge in [0, 0.05) is 25.7 Å². The Bertz CT molecular complexity index is 389. The lowest BCUT2D eigenvalue weighted by atomic mass is 10.1. The van der Waals surface area contributed by atoms with E-state index in [1.807, 2.05) is 6.92 Å². The molecular weight excluding hydrogens is 276 g/mol. The Hall–Kier alpha value is -0.170. The van der Waals surface area contributed by atoms with Gasteiger partial charge in [0.15, 0.2) is 0 Å². The molecule has 0 aromatic heterocycles. The Labute approximate surface area is 123 Å². The smallest absolute Gasteiger partial charge is 0.215 e. The van der Waals surface area contributed by atoms with Gasteiger partial charge in [0.2, 0.25) is 10.0 Å². The molecule has 1 aliphatic heterocycles. The molecule has 2 unspecified atom stereocenters. The highest BCUT2D eigenvalue weighted by Gasteiger charge is 2.38. The van der Waals surface area contributed by atoms with Crippen molar-refractivity contribution in [1.29, 1.82) is 0 Å². The van der Waals surface area contributed by atoms with E-state index in [9.17, 15) is 8.42 Å². The fourth-order valence-corrected chi connectivity index (χ4v) is 5.02. The Balaban J connectivity index is 2.00. The van der Waals surface area contributed by atoms with E-state index in [0.29, 0.717) is 19.1 Å². The summed E-state index contributed by atoms with van der Waals surface area (Å²) in [5.41, 5.74) is 0. The quantitative estimate of drug-likeness (QED) is 0.732. The standard InChI is InChI=1S/C14H28N2O3S/c1-12(13-6-7-13)16(9-10-19-2)20(17,18)11-14-5-3-4-8-15-14/h12-15H,3-11H2,1-2H3. The fourth-order valence-electron chi connectivity index (χ4n) is 3.01. The molecule has 1 saturated carbocycles. The van der Waals surface area contributed by atoms with Gasteiger partial charge in [-0.25, -0.2) is 8.42 Å². The summed E-state index contributed by atoms with van der Waals surface area (Å²) in [5.74, 6) is 0.772. The zero-order chi connectivity index (χ0) is 14.6. The van der Waals surface area contributed by atoms with Crippen LogP contribution in [0.25, 0.3) is 0 Å². The summed E-state index contributed by atoms with van der Waals surface area (Å²) in [6, 6.07) is 0.226. The molecule has 0 aromatic rings. The highest BCUT2D eigenvalue weighted by Crippen LogP contribution is 2.36.